The number of rotatable bonds is 7. The van der Waals surface area contributed by atoms with Crippen molar-refractivity contribution < 1.29 is 9.53 Å². The van der Waals surface area contributed by atoms with E-state index < -0.39 is 0 Å². The van der Waals surface area contributed by atoms with E-state index in [1.165, 1.54) is 11.1 Å². The van der Waals surface area contributed by atoms with Gasteiger partial charge in [-0.15, -0.1) is 0 Å². The highest BCUT2D eigenvalue weighted by molar-refractivity contribution is 5.94. The van der Waals surface area contributed by atoms with Crippen LogP contribution in [0.15, 0.2) is 48.8 Å². The molecule has 1 aromatic carbocycles. The zero-order valence-corrected chi connectivity index (χ0v) is 18.0. The molecule has 0 radical (unpaired) electrons. The predicted octanol–water partition coefficient (Wildman–Crippen LogP) is 3.92. The molecule has 1 atom stereocenters. The topological polar surface area (TPSA) is 45.7 Å². The second-order valence-electron chi connectivity index (χ2n) is 8.73. The summed E-state index contributed by atoms with van der Waals surface area (Å²) in [5, 5.41) is 0. The smallest absolute Gasteiger partial charge is 0.254 e. The summed E-state index contributed by atoms with van der Waals surface area (Å²) in [6.45, 7) is 7.74. The molecule has 30 heavy (non-hydrogen) atoms. The largest absolute Gasteiger partial charge is 0.376 e. The molecule has 0 spiro atoms. The van der Waals surface area contributed by atoms with Crippen LogP contribution in [0.1, 0.15) is 47.2 Å². The average molecular weight is 408 g/mol. The zero-order chi connectivity index (χ0) is 20.8. The minimum Gasteiger partial charge on any atom is -0.376 e. The lowest BCUT2D eigenvalue weighted by molar-refractivity contribution is 0.0444. The summed E-state index contributed by atoms with van der Waals surface area (Å²) in [6.07, 6.45) is 7.99. The summed E-state index contributed by atoms with van der Waals surface area (Å²) >= 11 is 0. The number of carbonyl (C=O) groups is 1. The number of aryl methyl sites for hydroxylation is 1. The molecule has 160 valence electrons. The van der Waals surface area contributed by atoms with Crippen molar-refractivity contribution in [1.82, 2.24) is 14.8 Å². The Balaban J connectivity index is 1.35. The fourth-order valence-electron chi connectivity index (χ4n) is 4.62. The lowest BCUT2D eigenvalue weighted by atomic mass is 9.95. The van der Waals surface area contributed by atoms with E-state index in [-0.39, 0.29) is 12.0 Å². The maximum Gasteiger partial charge on any atom is 0.254 e. The number of aromatic nitrogens is 1. The van der Waals surface area contributed by atoms with Crippen LogP contribution < -0.4 is 0 Å². The average Bonchev–Trinajstić information content (AvgIpc) is 3.29. The van der Waals surface area contributed by atoms with Crippen molar-refractivity contribution in [3.8, 4) is 0 Å². The molecule has 5 nitrogen and oxygen atoms in total. The van der Waals surface area contributed by atoms with E-state index in [9.17, 15) is 4.79 Å². The van der Waals surface area contributed by atoms with Crippen molar-refractivity contribution in [3.05, 3.63) is 65.5 Å². The fraction of sp³-hybridized carbons (Fsp3) is 0.520. The Morgan fingerprint density at radius 2 is 1.87 bits per heavy atom. The molecule has 4 rings (SSSR count). The highest BCUT2D eigenvalue weighted by Crippen LogP contribution is 2.23. The van der Waals surface area contributed by atoms with Gasteiger partial charge in [0.1, 0.15) is 0 Å². The second kappa shape index (κ2) is 10.2. The molecule has 2 fully saturated rings. The number of hydrogen-bond acceptors (Lipinski definition) is 4. The third-order valence-electron chi connectivity index (χ3n) is 6.50. The number of benzene rings is 1. The van der Waals surface area contributed by atoms with Crippen LogP contribution >= 0.6 is 0 Å². The Morgan fingerprint density at radius 3 is 2.57 bits per heavy atom. The van der Waals surface area contributed by atoms with Crippen LogP contribution in [0.5, 0.6) is 0 Å². The number of pyridine rings is 1. The van der Waals surface area contributed by atoms with E-state index in [0.717, 1.165) is 64.0 Å². The fourth-order valence-corrected chi connectivity index (χ4v) is 4.62. The summed E-state index contributed by atoms with van der Waals surface area (Å²) in [4.78, 5) is 21.8. The first-order valence-electron chi connectivity index (χ1n) is 11.3. The molecule has 1 amide bonds. The highest BCUT2D eigenvalue weighted by atomic mass is 16.5. The third kappa shape index (κ3) is 5.46. The Labute approximate surface area is 180 Å². The van der Waals surface area contributed by atoms with Crippen molar-refractivity contribution >= 4 is 5.91 Å². The first-order valence-corrected chi connectivity index (χ1v) is 11.3. The standard InChI is InChI=1S/C25H33N3O2/c1-20-5-2-3-6-23(20)18-27-14-10-21(11-15-27)17-28(19-24-7-4-16-30-24)25(29)22-8-12-26-13-9-22/h2-3,5-6,8-9,12-13,21,24H,4,7,10-11,14-19H2,1H3/t24-/m0/s1. The second-order valence-corrected chi connectivity index (χ2v) is 8.73. The zero-order valence-electron chi connectivity index (χ0n) is 18.0. The molecular weight excluding hydrogens is 374 g/mol. The van der Waals surface area contributed by atoms with Crippen molar-refractivity contribution in [2.45, 2.75) is 45.3 Å². The number of hydrogen-bond donors (Lipinski definition) is 0. The van der Waals surface area contributed by atoms with Crippen LogP contribution in [-0.4, -0.2) is 59.6 Å². The van der Waals surface area contributed by atoms with Crippen molar-refractivity contribution in [3.63, 3.8) is 0 Å². The van der Waals surface area contributed by atoms with Gasteiger partial charge in [0.25, 0.3) is 5.91 Å². The minimum absolute atomic E-state index is 0.107. The number of carbonyl (C=O) groups excluding carboxylic acids is 1. The van der Waals surface area contributed by atoms with E-state index in [0.29, 0.717) is 12.5 Å². The molecule has 5 heteroatoms. The lowest BCUT2D eigenvalue weighted by Gasteiger charge is -2.36. The Hall–Kier alpha value is -2.24. The Morgan fingerprint density at radius 1 is 1.10 bits per heavy atom. The van der Waals surface area contributed by atoms with Gasteiger partial charge in [-0.05, 0) is 74.9 Å². The van der Waals surface area contributed by atoms with Gasteiger partial charge in [0.05, 0.1) is 6.10 Å². The summed E-state index contributed by atoms with van der Waals surface area (Å²) in [7, 11) is 0. The summed E-state index contributed by atoms with van der Waals surface area (Å²) in [6, 6.07) is 12.3. The molecule has 0 aliphatic carbocycles. The Kier molecular flexibility index (Phi) is 7.13. The van der Waals surface area contributed by atoms with E-state index in [1.807, 2.05) is 17.0 Å². The number of ether oxygens (including phenoxy) is 1. The van der Waals surface area contributed by atoms with Gasteiger partial charge < -0.3 is 9.64 Å². The van der Waals surface area contributed by atoms with Crippen LogP contribution in [0.3, 0.4) is 0 Å². The molecule has 0 unspecified atom stereocenters. The summed E-state index contributed by atoms with van der Waals surface area (Å²) in [5.41, 5.74) is 3.51. The molecule has 0 saturated carbocycles. The number of likely N-dealkylation sites (tertiary alicyclic amines) is 1. The van der Waals surface area contributed by atoms with Gasteiger partial charge >= 0.3 is 0 Å². The van der Waals surface area contributed by atoms with Gasteiger partial charge in [0.15, 0.2) is 0 Å². The lowest BCUT2D eigenvalue weighted by Crippen LogP contribution is -2.43. The van der Waals surface area contributed by atoms with Crippen molar-refractivity contribution in [2.75, 3.05) is 32.8 Å². The van der Waals surface area contributed by atoms with E-state index in [2.05, 4.69) is 41.1 Å². The first-order chi connectivity index (χ1) is 14.7. The molecule has 1 aromatic heterocycles. The molecule has 2 saturated heterocycles. The molecule has 0 bridgehead atoms. The van der Waals surface area contributed by atoms with E-state index in [4.69, 9.17) is 4.74 Å². The van der Waals surface area contributed by atoms with Gasteiger partial charge in [0, 0.05) is 44.2 Å². The first kappa shape index (κ1) is 21.0. The SMILES string of the molecule is Cc1ccccc1CN1CCC(CN(C[C@@H]2CCCO2)C(=O)c2ccncc2)CC1. The van der Waals surface area contributed by atoms with Gasteiger partial charge in [-0.2, -0.15) is 0 Å². The summed E-state index contributed by atoms with van der Waals surface area (Å²) < 4.78 is 5.84. The Bertz CT molecular complexity index is 812. The predicted molar refractivity (Wildman–Crippen MR) is 118 cm³/mol. The quantitative estimate of drug-likeness (QED) is 0.698. The molecule has 2 aromatic rings. The van der Waals surface area contributed by atoms with Crippen LogP contribution in [0.2, 0.25) is 0 Å². The van der Waals surface area contributed by atoms with Crippen LogP contribution in [-0.2, 0) is 11.3 Å². The maximum atomic E-state index is 13.2. The monoisotopic (exact) mass is 407 g/mol. The van der Waals surface area contributed by atoms with Crippen molar-refractivity contribution in [1.29, 1.82) is 0 Å². The third-order valence-corrected chi connectivity index (χ3v) is 6.50. The van der Waals surface area contributed by atoms with Crippen LogP contribution in [0.4, 0.5) is 0 Å². The van der Waals surface area contributed by atoms with E-state index >= 15 is 0 Å². The van der Waals surface area contributed by atoms with Crippen molar-refractivity contribution in [2.24, 2.45) is 5.92 Å². The van der Waals surface area contributed by atoms with Gasteiger partial charge in [-0.1, -0.05) is 24.3 Å². The molecule has 0 N–H and O–H groups in total. The molecular formula is C25H33N3O2. The van der Waals surface area contributed by atoms with E-state index in [1.54, 1.807) is 12.4 Å². The minimum atomic E-state index is 0.107. The maximum absolute atomic E-state index is 13.2. The highest BCUT2D eigenvalue weighted by Gasteiger charge is 2.28. The molecule has 2 aliphatic heterocycles. The number of amides is 1. The number of piperidine rings is 1. The van der Waals surface area contributed by atoms with Gasteiger partial charge in [-0.3, -0.25) is 14.7 Å². The number of nitrogens with zero attached hydrogens (tertiary/aromatic N) is 3. The van der Waals surface area contributed by atoms with Gasteiger partial charge in [0.2, 0.25) is 0 Å². The van der Waals surface area contributed by atoms with Crippen LogP contribution in [0, 0.1) is 12.8 Å². The van der Waals surface area contributed by atoms with Crippen LogP contribution in [0.25, 0.3) is 0 Å². The summed E-state index contributed by atoms with van der Waals surface area (Å²) in [5.74, 6) is 0.653. The molecule has 2 aliphatic rings. The normalized spacial score (nSPS) is 20.4. The van der Waals surface area contributed by atoms with Gasteiger partial charge in [-0.25, -0.2) is 0 Å². The molecule has 3 heterocycles.